The van der Waals surface area contributed by atoms with E-state index in [-0.39, 0.29) is 50.2 Å². The van der Waals surface area contributed by atoms with Crippen molar-refractivity contribution in [3.8, 4) is 0 Å². The number of hydrogen-bond acceptors (Lipinski definition) is 3. The summed E-state index contributed by atoms with van der Waals surface area (Å²) in [5, 5.41) is 25.2. The Morgan fingerprint density at radius 2 is 1.00 bits per heavy atom. The first-order chi connectivity index (χ1) is 1.73. The first-order valence-electron chi connectivity index (χ1n) is 0.707. The molecule has 0 radical (unpaired) electrons. The fourth-order valence-corrected chi connectivity index (χ4v) is 0. The molecular weight excluding hydrogens is 277 g/mol. The van der Waals surface area contributed by atoms with E-state index in [0.717, 1.165) is 0 Å². The Kier molecular flexibility index (Phi) is 25.4. The predicted octanol–water partition coefficient (Wildman–Crippen LogP) is -6.95. The molecule has 0 bridgehead atoms. The van der Waals surface area contributed by atoms with Gasteiger partial charge in [0.25, 0.3) is 0 Å². The quantitative estimate of drug-likeness (QED) is 0.326. The van der Waals surface area contributed by atoms with Gasteiger partial charge in [0.05, 0.1) is 0 Å². The topological polar surface area (TPSA) is 69.2 Å². The van der Waals surface area contributed by atoms with Crippen LogP contribution in [-0.4, -0.2) is 7.32 Å². The molecule has 0 atom stereocenters. The van der Waals surface area contributed by atoms with Crippen LogP contribution in [0.2, 0.25) is 0 Å². The van der Waals surface area contributed by atoms with E-state index >= 15 is 0 Å². The summed E-state index contributed by atoms with van der Waals surface area (Å²) in [6.07, 6.45) is 0. The fraction of sp³-hybridized carbons (Fsp3) is 0. The zero-order valence-electron chi connectivity index (χ0n) is 2.68. The van der Waals surface area contributed by atoms with E-state index in [1.54, 1.807) is 0 Å². The van der Waals surface area contributed by atoms with Crippen molar-refractivity contribution in [2.75, 3.05) is 0 Å². The van der Waals surface area contributed by atoms with Crippen LogP contribution in [0.4, 0.5) is 0 Å². The average Bonchev–Trinajstić information content (AvgIpc) is 0.811. The Balaban J connectivity index is -0.0000000450. The van der Waals surface area contributed by atoms with E-state index in [9.17, 15) is 0 Å². The molecule has 0 saturated heterocycles. The van der Waals surface area contributed by atoms with Crippen molar-refractivity contribution in [2.24, 2.45) is 0 Å². The second kappa shape index (κ2) is 9.75. The van der Waals surface area contributed by atoms with Crippen molar-refractivity contribution < 1.29 is 65.3 Å². The Labute approximate surface area is 72.1 Å². The second-order valence-corrected chi connectivity index (χ2v) is 0.289. The van der Waals surface area contributed by atoms with E-state index in [1.807, 2.05) is 0 Å². The molecule has 0 aromatic heterocycles. The molecule has 0 N–H and O–H groups in total. The van der Waals surface area contributed by atoms with Gasteiger partial charge in [-0.3, -0.25) is 7.32 Å². The molecular formula is BIO3Zr. The standard InChI is InChI=1S/BO3.HI.Zr/c2-1(3)4;;/h;1H;/q-3;;+4/p-1. The molecule has 0 aliphatic heterocycles. The van der Waals surface area contributed by atoms with Crippen LogP contribution < -0.4 is 39.0 Å². The molecule has 6 heteroatoms. The Hall–Kier alpha value is 1.56. The molecule has 0 spiro atoms. The van der Waals surface area contributed by atoms with Crippen molar-refractivity contribution in [3.05, 3.63) is 0 Å². The molecule has 0 aliphatic carbocycles. The SMILES string of the molecule is [I-].[O-]B([O-])[O-].[Zr+4]. The third kappa shape index (κ3) is 47.6. The molecule has 0 unspecified atom stereocenters. The molecule has 0 aliphatic rings. The fourth-order valence-electron chi connectivity index (χ4n) is 0. The van der Waals surface area contributed by atoms with Gasteiger partial charge in [-0.15, -0.1) is 0 Å². The van der Waals surface area contributed by atoms with Crippen LogP contribution in [0, 0.1) is 0 Å². The minimum absolute atomic E-state index is 0. The average molecular weight is 277 g/mol. The summed E-state index contributed by atoms with van der Waals surface area (Å²) >= 11 is 0. The molecule has 6 heavy (non-hydrogen) atoms. The number of rotatable bonds is 0. The number of hydrogen-bond donors (Lipinski definition) is 0. The normalized spacial score (nSPS) is 4.50. The summed E-state index contributed by atoms with van der Waals surface area (Å²) in [4.78, 5) is 0. The smallest absolute Gasteiger partial charge is 1.00 e. The molecule has 0 heterocycles. The summed E-state index contributed by atoms with van der Waals surface area (Å²) in [6, 6.07) is 0. The Morgan fingerprint density at radius 1 is 1.00 bits per heavy atom. The van der Waals surface area contributed by atoms with Crippen LogP contribution in [0.1, 0.15) is 0 Å². The minimum atomic E-state index is -2.92. The summed E-state index contributed by atoms with van der Waals surface area (Å²) in [5.41, 5.74) is 0. The van der Waals surface area contributed by atoms with Crippen molar-refractivity contribution in [1.82, 2.24) is 0 Å². The van der Waals surface area contributed by atoms with Crippen LogP contribution in [0.25, 0.3) is 0 Å². The van der Waals surface area contributed by atoms with Crippen molar-refractivity contribution in [1.29, 1.82) is 0 Å². The van der Waals surface area contributed by atoms with Gasteiger partial charge in [0.1, 0.15) is 0 Å². The van der Waals surface area contributed by atoms with Crippen LogP contribution in [0.3, 0.4) is 0 Å². The van der Waals surface area contributed by atoms with Crippen LogP contribution in [-0.2, 0) is 26.2 Å². The third-order valence-electron chi connectivity index (χ3n) is 0. The predicted molar refractivity (Wildman–Crippen MR) is 5.75 cm³/mol. The van der Waals surface area contributed by atoms with Gasteiger partial charge in [0.15, 0.2) is 0 Å². The maximum Gasteiger partial charge on any atom is 4.00 e. The van der Waals surface area contributed by atoms with Crippen molar-refractivity contribution in [2.45, 2.75) is 0 Å². The summed E-state index contributed by atoms with van der Waals surface area (Å²) < 4.78 is 0. The molecule has 0 aromatic rings. The van der Waals surface area contributed by atoms with Gasteiger partial charge >= 0.3 is 26.2 Å². The third-order valence-corrected chi connectivity index (χ3v) is 0. The van der Waals surface area contributed by atoms with E-state index < -0.39 is 7.32 Å². The van der Waals surface area contributed by atoms with Gasteiger partial charge < -0.3 is 39.0 Å². The molecule has 3 nitrogen and oxygen atoms in total. The van der Waals surface area contributed by atoms with Gasteiger partial charge in [0, 0.05) is 0 Å². The Morgan fingerprint density at radius 3 is 1.00 bits per heavy atom. The molecule has 0 aromatic carbocycles. The van der Waals surface area contributed by atoms with Crippen LogP contribution in [0.15, 0.2) is 0 Å². The second-order valence-electron chi connectivity index (χ2n) is 0.289. The maximum absolute atomic E-state index is 8.42. The van der Waals surface area contributed by atoms with Crippen LogP contribution in [0.5, 0.6) is 0 Å². The molecule has 32 valence electrons. The summed E-state index contributed by atoms with van der Waals surface area (Å²) in [6.45, 7) is 0. The molecule has 0 rings (SSSR count). The first kappa shape index (κ1) is 15.6. The van der Waals surface area contributed by atoms with Gasteiger partial charge in [0.2, 0.25) is 0 Å². The monoisotopic (exact) mass is 276 g/mol. The zero-order valence-corrected chi connectivity index (χ0v) is 7.30. The summed E-state index contributed by atoms with van der Waals surface area (Å²) in [7, 11) is -2.92. The Bertz CT molecular complexity index is 15.5. The van der Waals surface area contributed by atoms with Gasteiger partial charge in [-0.2, -0.15) is 0 Å². The van der Waals surface area contributed by atoms with E-state index in [2.05, 4.69) is 0 Å². The molecule has 0 saturated carbocycles. The molecule has 0 fully saturated rings. The number of halogens is 1. The van der Waals surface area contributed by atoms with E-state index in [1.165, 1.54) is 0 Å². The van der Waals surface area contributed by atoms with Gasteiger partial charge in [-0.05, 0) is 0 Å². The largest absolute Gasteiger partial charge is 4.00 e. The van der Waals surface area contributed by atoms with E-state index in [4.69, 9.17) is 15.1 Å². The summed E-state index contributed by atoms with van der Waals surface area (Å²) in [5.74, 6) is 0. The zero-order chi connectivity index (χ0) is 3.58. The first-order valence-corrected chi connectivity index (χ1v) is 0.707. The van der Waals surface area contributed by atoms with Crippen molar-refractivity contribution in [3.63, 3.8) is 0 Å². The minimum Gasteiger partial charge on any atom is -1.00 e. The van der Waals surface area contributed by atoms with Gasteiger partial charge in [-0.1, -0.05) is 0 Å². The molecule has 0 amide bonds. The van der Waals surface area contributed by atoms with E-state index in [0.29, 0.717) is 0 Å². The van der Waals surface area contributed by atoms with Gasteiger partial charge in [-0.25, -0.2) is 0 Å². The van der Waals surface area contributed by atoms with Crippen LogP contribution >= 0.6 is 0 Å². The van der Waals surface area contributed by atoms with Crippen molar-refractivity contribution >= 4 is 7.32 Å². The maximum atomic E-state index is 8.42.